The van der Waals surface area contributed by atoms with Crippen molar-refractivity contribution in [2.45, 2.75) is 130 Å². The van der Waals surface area contributed by atoms with Gasteiger partial charge in [-0.05, 0) is 109 Å². The molecule has 4 atom stereocenters. The Bertz CT molecular complexity index is 1400. The third-order valence-electron chi connectivity index (χ3n) is 9.98. The molecular weight excluding hydrogens is 639 g/mol. The van der Waals surface area contributed by atoms with Gasteiger partial charge >= 0.3 is 12.1 Å². The van der Waals surface area contributed by atoms with E-state index < -0.39 is 24.4 Å². The maximum absolute atomic E-state index is 13.3. The molecule has 3 N–H and O–H groups in total. The zero-order valence-electron chi connectivity index (χ0n) is 31.4. The molecule has 2 aliphatic rings. The fourth-order valence-electron chi connectivity index (χ4n) is 7.37. The summed E-state index contributed by atoms with van der Waals surface area (Å²) in [6, 6.07) is 5.22. The van der Waals surface area contributed by atoms with Gasteiger partial charge in [-0.3, -0.25) is 9.69 Å². The van der Waals surface area contributed by atoms with E-state index in [9.17, 15) is 23.6 Å². The number of ether oxygens (including phenoxy) is 2. The Morgan fingerprint density at radius 2 is 1.80 bits per heavy atom. The van der Waals surface area contributed by atoms with Gasteiger partial charge in [-0.15, -0.1) is 0 Å². The molecule has 1 aromatic carbocycles. The van der Waals surface area contributed by atoms with E-state index in [-0.39, 0.29) is 23.8 Å². The maximum atomic E-state index is 13.3. The number of benzene rings is 1. The number of likely N-dealkylation sites (N-methyl/N-ethyl adjacent to an activating group) is 1. The number of aromatic amines is 1. The summed E-state index contributed by atoms with van der Waals surface area (Å²) in [5, 5.41) is 6.65. The number of fused-ring (bicyclic) bond motifs is 1. The number of rotatable bonds is 14. The second-order valence-corrected chi connectivity index (χ2v) is 14.8. The summed E-state index contributed by atoms with van der Waals surface area (Å²) < 4.78 is 23.1. The van der Waals surface area contributed by atoms with E-state index in [1.165, 1.54) is 32.1 Å². The number of halogens is 1. The van der Waals surface area contributed by atoms with Crippen molar-refractivity contribution in [2.24, 2.45) is 17.8 Å². The van der Waals surface area contributed by atoms with Gasteiger partial charge < -0.3 is 29.9 Å². The van der Waals surface area contributed by atoms with Crippen LogP contribution in [0.5, 0.6) is 0 Å². The number of aromatic nitrogens is 1. The van der Waals surface area contributed by atoms with E-state index in [1.807, 2.05) is 32.0 Å². The molecule has 1 saturated heterocycles. The van der Waals surface area contributed by atoms with Crippen molar-refractivity contribution in [2.75, 3.05) is 32.2 Å². The van der Waals surface area contributed by atoms with E-state index in [2.05, 4.69) is 27.6 Å². The minimum absolute atomic E-state index is 0.0294. The Hall–Kier alpha value is -3.47. The summed E-state index contributed by atoms with van der Waals surface area (Å²) in [6.07, 6.45) is 11.3. The summed E-state index contributed by atoms with van der Waals surface area (Å²) in [7, 11) is 2.07. The van der Waals surface area contributed by atoms with Gasteiger partial charge in [0.2, 0.25) is 5.91 Å². The Morgan fingerprint density at radius 3 is 2.40 bits per heavy atom. The summed E-state index contributed by atoms with van der Waals surface area (Å²) in [5.41, 5.74) is 2.52. The number of nitrogens with zero attached hydrogens (tertiary/aromatic N) is 1. The summed E-state index contributed by atoms with van der Waals surface area (Å²) in [4.78, 5) is 53.2. The second kappa shape index (κ2) is 19.8. The number of carbonyl (C=O) groups is 4. The molecule has 1 aliphatic heterocycles. The number of H-pyrrole nitrogens is 1. The number of alkyl carbamates (subject to hydrolysis) is 1. The van der Waals surface area contributed by atoms with Crippen molar-refractivity contribution in [3.63, 3.8) is 0 Å². The standard InChI is InChI=1S/C25H35N3O3.C14H26FNO3/c1-4-18-20-15-17(11-12-21(20)27-22(18)25(30)31-5-2)26-24(29)23-19(13-14-28(23)3)16-9-7-6-8-10-16;1-5-11(10-17)7-6-8-12(9-15)16-13(18)19-14(2,3)4/h11-12,15-16,19,23,27H,4-10,13-14H2,1-3H3,(H,26,29);10-12H,5-9H2,1-4H3,(H,16,18). The normalized spacial score (nSPS) is 19.6. The van der Waals surface area contributed by atoms with Gasteiger partial charge in [-0.25, -0.2) is 14.0 Å². The Morgan fingerprint density at radius 1 is 1.08 bits per heavy atom. The van der Waals surface area contributed by atoms with Crippen LogP contribution in [0.25, 0.3) is 10.9 Å². The average molecular weight is 701 g/mol. The minimum atomic E-state index is -0.628. The zero-order valence-corrected chi connectivity index (χ0v) is 31.4. The molecule has 10 nitrogen and oxygen atoms in total. The first-order valence-corrected chi connectivity index (χ1v) is 18.7. The molecule has 11 heteroatoms. The van der Waals surface area contributed by atoms with Gasteiger partial charge in [0.1, 0.15) is 24.3 Å². The van der Waals surface area contributed by atoms with Crippen LogP contribution < -0.4 is 10.6 Å². The molecule has 280 valence electrons. The second-order valence-electron chi connectivity index (χ2n) is 14.8. The molecule has 2 fully saturated rings. The van der Waals surface area contributed by atoms with Crippen molar-refractivity contribution in [3.05, 3.63) is 29.5 Å². The lowest BCUT2D eigenvalue weighted by molar-refractivity contribution is -0.121. The molecule has 2 aromatic rings. The van der Waals surface area contributed by atoms with Crippen molar-refractivity contribution >= 4 is 40.8 Å². The van der Waals surface area contributed by atoms with Crippen LogP contribution >= 0.6 is 0 Å². The van der Waals surface area contributed by atoms with Crippen LogP contribution in [0.15, 0.2) is 18.2 Å². The first kappa shape index (κ1) is 41.0. The van der Waals surface area contributed by atoms with E-state index >= 15 is 0 Å². The molecule has 2 amide bonds. The lowest BCUT2D eigenvalue weighted by atomic mass is 9.76. The van der Waals surface area contributed by atoms with Crippen LogP contribution in [0.3, 0.4) is 0 Å². The number of aryl methyl sites for hydroxylation is 1. The largest absolute Gasteiger partial charge is 0.461 e. The SMILES string of the molecule is CCC(C=O)CCCC(CF)NC(=O)OC(C)(C)C.CCOC(=O)c1[nH]c2ccc(NC(=O)C3C(C4CCCCC4)CCN3C)cc2c1CC. The molecule has 0 radical (unpaired) electrons. The van der Waals surface area contributed by atoms with Crippen molar-refractivity contribution in [1.29, 1.82) is 0 Å². The zero-order chi connectivity index (χ0) is 36.8. The van der Waals surface area contributed by atoms with E-state index in [0.717, 1.165) is 54.2 Å². The van der Waals surface area contributed by atoms with Crippen molar-refractivity contribution in [1.82, 2.24) is 15.2 Å². The van der Waals surface area contributed by atoms with Crippen molar-refractivity contribution < 1.29 is 33.0 Å². The van der Waals surface area contributed by atoms with Gasteiger partial charge in [-0.1, -0.05) is 52.4 Å². The number of nitrogens with one attached hydrogen (secondary N) is 3. The molecule has 1 aromatic heterocycles. The van der Waals surface area contributed by atoms with Crippen LogP contribution in [-0.2, 0) is 25.5 Å². The maximum Gasteiger partial charge on any atom is 0.407 e. The molecule has 0 bridgehead atoms. The van der Waals surface area contributed by atoms with Crippen molar-refractivity contribution in [3.8, 4) is 0 Å². The van der Waals surface area contributed by atoms with Gasteiger partial charge in [0, 0.05) is 22.5 Å². The van der Waals surface area contributed by atoms with Crippen LogP contribution in [0.1, 0.15) is 122 Å². The number of hydrogen-bond acceptors (Lipinski definition) is 7. The third kappa shape index (κ3) is 11.8. The Balaban J connectivity index is 0.000000308. The van der Waals surface area contributed by atoms with E-state index in [4.69, 9.17) is 9.47 Å². The van der Waals surface area contributed by atoms with Crippen LogP contribution in [0, 0.1) is 17.8 Å². The van der Waals surface area contributed by atoms with Crippen LogP contribution in [0.2, 0.25) is 0 Å². The van der Waals surface area contributed by atoms with E-state index in [0.29, 0.717) is 43.4 Å². The number of anilines is 1. The summed E-state index contributed by atoms with van der Waals surface area (Å²) in [6.45, 7) is 11.8. The third-order valence-corrected chi connectivity index (χ3v) is 9.98. The highest BCUT2D eigenvalue weighted by atomic mass is 19.1. The molecule has 0 spiro atoms. The average Bonchev–Trinajstić information content (AvgIpc) is 3.66. The Kier molecular flexibility index (Phi) is 16.2. The van der Waals surface area contributed by atoms with Gasteiger partial charge in [0.15, 0.2) is 0 Å². The fourth-order valence-corrected chi connectivity index (χ4v) is 7.37. The first-order valence-electron chi connectivity index (χ1n) is 18.7. The number of carbonyl (C=O) groups excluding carboxylic acids is 4. The molecule has 1 aliphatic carbocycles. The number of esters is 1. The quantitative estimate of drug-likeness (QED) is 0.135. The summed E-state index contributed by atoms with van der Waals surface area (Å²) >= 11 is 0. The molecule has 2 heterocycles. The number of hydrogen-bond donors (Lipinski definition) is 3. The molecule has 1 saturated carbocycles. The number of alkyl halides is 1. The predicted molar refractivity (Wildman–Crippen MR) is 196 cm³/mol. The van der Waals surface area contributed by atoms with Crippen LogP contribution in [-0.4, -0.2) is 78.7 Å². The number of likely N-dealkylation sites (tertiary alicyclic amines) is 1. The lowest BCUT2D eigenvalue weighted by Gasteiger charge is -2.32. The smallest absolute Gasteiger partial charge is 0.407 e. The Labute approximate surface area is 298 Å². The molecule has 4 rings (SSSR count). The van der Waals surface area contributed by atoms with E-state index in [1.54, 1.807) is 27.7 Å². The minimum Gasteiger partial charge on any atom is -0.461 e. The first-order chi connectivity index (χ1) is 23.8. The topological polar surface area (TPSA) is 130 Å². The monoisotopic (exact) mass is 700 g/mol. The predicted octanol–water partition coefficient (Wildman–Crippen LogP) is 7.99. The lowest BCUT2D eigenvalue weighted by Crippen LogP contribution is -2.43. The summed E-state index contributed by atoms with van der Waals surface area (Å²) in [5.74, 6) is 0.906. The number of amides is 2. The van der Waals surface area contributed by atoms with Gasteiger partial charge in [-0.2, -0.15) is 0 Å². The van der Waals surface area contributed by atoms with Crippen LogP contribution in [0.4, 0.5) is 14.9 Å². The fraction of sp³-hybridized carbons (Fsp3) is 0.692. The van der Waals surface area contributed by atoms with Gasteiger partial charge in [0.25, 0.3) is 0 Å². The molecule has 50 heavy (non-hydrogen) atoms. The molecular formula is C39H61FN4O6. The highest BCUT2D eigenvalue weighted by Gasteiger charge is 2.41. The highest BCUT2D eigenvalue weighted by Crippen LogP contribution is 2.39. The van der Waals surface area contributed by atoms with Gasteiger partial charge in [0.05, 0.1) is 18.7 Å². The number of aldehydes is 1. The highest BCUT2D eigenvalue weighted by molar-refractivity contribution is 6.01. The molecule has 4 unspecified atom stereocenters.